The van der Waals surface area contributed by atoms with Gasteiger partial charge in [-0.05, 0) is 19.9 Å². The van der Waals surface area contributed by atoms with Gasteiger partial charge in [-0.1, -0.05) is 12.1 Å². The van der Waals surface area contributed by atoms with Gasteiger partial charge in [0.05, 0.1) is 19.6 Å². The van der Waals surface area contributed by atoms with Gasteiger partial charge in [-0.15, -0.1) is 0 Å². The molecule has 0 fully saturated rings. The first-order chi connectivity index (χ1) is 7.61. The fraction of sp³-hybridized carbons (Fsp3) is 0.417. The molecule has 0 aliphatic carbocycles. The van der Waals surface area contributed by atoms with Crippen LogP contribution in [0.15, 0.2) is 18.2 Å². The summed E-state index contributed by atoms with van der Waals surface area (Å²) in [6.45, 7) is 3.81. The Balaban J connectivity index is 3.03. The molecule has 0 spiro atoms. The first kappa shape index (κ1) is 12.4. The van der Waals surface area contributed by atoms with E-state index in [1.54, 1.807) is 26.0 Å². The second-order valence-electron chi connectivity index (χ2n) is 3.37. The second-order valence-corrected chi connectivity index (χ2v) is 3.37. The molecule has 1 atom stereocenters. The minimum Gasteiger partial charge on any atom is -0.504 e. The molecule has 0 aliphatic heterocycles. The predicted octanol–water partition coefficient (Wildman–Crippen LogP) is 2.07. The van der Waals surface area contributed by atoms with E-state index in [0.29, 0.717) is 17.9 Å². The Morgan fingerprint density at radius 2 is 2.19 bits per heavy atom. The highest BCUT2D eigenvalue weighted by Gasteiger charge is 2.21. The third kappa shape index (κ3) is 2.45. The standard InChI is InChI=1S/C12H16O4/c1-4-16-12(14)8(2)9-6-5-7-10(13)11(9)15-3/h5-8,13H,4H2,1-3H3. The molecule has 0 bridgehead atoms. The van der Waals surface area contributed by atoms with E-state index in [-0.39, 0.29) is 11.7 Å². The Labute approximate surface area is 94.8 Å². The fourth-order valence-electron chi connectivity index (χ4n) is 1.50. The zero-order chi connectivity index (χ0) is 12.1. The van der Waals surface area contributed by atoms with Gasteiger partial charge in [0.1, 0.15) is 0 Å². The van der Waals surface area contributed by atoms with E-state index in [9.17, 15) is 9.90 Å². The Hall–Kier alpha value is -1.71. The van der Waals surface area contributed by atoms with Crippen molar-refractivity contribution >= 4 is 5.97 Å². The van der Waals surface area contributed by atoms with Crippen molar-refractivity contribution < 1.29 is 19.4 Å². The maximum Gasteiger partial charge on any atom is 0.313 e. The van der Waals surface area contributed by atoms with E-state index in [4.69, 9.17) is 9.47 Å². The summed E-state index contributed by atoms with van der Waals surface area (Å²) in [6.07, 6.45) is 0. The first-order valence-corrected chi connectivity index (χ1v) is 5.14. The van der Waals surface area contributed by atoms with Gasteiger partial charge in [0.15, 0.2) is 11.5 Å². The van der Waals surface area contributed by atoms with Crippen molar-refractivity contribution in [2.75, 3.05) is 13.7 Å². The van der Waals surface area contributed by atoms with Crippen LogP contribution in [0.4, 0.5) is 0 Å². The average molecular weight is 224 g/mol. The van der Waals surface area contributed by atoms with Gasteiger partial charge in [0.2, 0.25) is 0 Å². The molecule has 0 aromatic heterocycles. The number of rotatable bonds is 4. The molecule has 0 saturated heterocycles. The van der Waals surface area contributed by atoms with Crippen LogP contribution in [0.2, 0.25) is 0 Å². The maximum absolute atomic E-state index is 11.6. The molecule has 4 heteroatoms. The van der Waals surface area contributed by atoms with Crippen molar-refractivity contribution in [2.45, 2.75) is 19.8 Å². The quantitative estimate of drug-likeness (QED) is 0.795. The smallest absolute Gasteiger partial charge is 0.313 e. The number of phenols is 1. The largest absolute Gasteiger partial charge is 0.504 e. The summed E-state index contributed by atoms with van der Waals surface area (Å²) >= 11 is 0. The molecule has 0 aliphatic rings. The van der Waals surface area contributed by atoms with Crippen LogP contribution in [0.25, 0.3) is 0 Å². The number of hydrogen-bond acceptors (Lipinski definition) is 4. The lowest BCUT2D eigenvalue weighted by molar-refractivity contribution is -0.144. The molecule has 1 aromatic carbocycles. The lowest BCUT2D eigenvalue weighted by atomic mass is 10.00. The number of para-hydroxylation sites is 1. The normalized spacial score (nSPS) is 11.9. The number of carbonyl (C=O) groups is 1. The number of carbonyl (C=O) groups excluding carboxylic acids is 1. The molecule has 0 amide bonds. The van der Waals surface area contributed by atoms with Gasteiger partial charge in [-0.2, -0.15) is 0 Å². The zero-order valence-electron chi connectivity index (χ0n) is 9.69. The summed E-state index contributed by atoms with van der Waals surface area (Å²) in [5, 5.41) is 9.57. The summed E-state index contributed by atoms with van der Waals surface area (Å²) in [5.74, 6) is -0.437. The van der Waals surface area contributed by atoms with Crippen molar-refractivity contribution in [1.29, 1.82) is 0 Å². The highest BCUT2D eigenvalue weighted by molar-refractivity contribution is 5.79. The minimum absolute atomic E-state index is 0.0242. The third-order valence-corrected chi connectivity index (χ3v) is 2.34. The van der Waals surface area contributed by atoms with Crippen molar-refractivity contribution in [1.82, 2.24) is 0 Å². The number of hydrogen-bond donors (Lipinski definition) is 1. The lowest BCUT2D eigenvalue weighted by Crippen LogP contribution is -2.13. The summed E-state index contributed by atoms with van der Waals surface area (Å²) < 4.78 is 9.99. The van der Waals surface area contributed by atoms with Gasteiger partial charge < -0.3 is 14.6 Å². The zero-order valence-corrected chi connectivity index (χ0v) is 9.69. The van der Waals surface area contributed by atoms with Crippen LogP contribution in [0.5, 0.6) is 11.5 Å². The van der Waals surface area contributed by atoms with Crippen molar-refractivity contribution in [3.63, 3.8) is 0 Å². The van der Waals surface area contributed by atoms with Gasteiger partial charge in [0, 0.05) is 5.56 Å². The average Bonchev–Trinajstić information content (AvgIpc) is 2.28. The molecule has 1 unspecified atom stereocenters. The molecule has 0 radical (unpaired) electrons. The molecule has 16 heavy (non-hydrogen) atoms. The maximum atomic E-state index is 11.6. The van der Waals surface area contributed by atoms with Crippen molar-refractivity contribution in [3.8, 4) is 11.5 Å². The summed E-state index contributed by atoms with van der Waals surface area (Å²) in [4.78, 5) is 11.6. The highest BCUT2D eigenvalue weighted by Crippen LogP contribution is 2.34. The SMILES string of the molecule is CCOC(=O)C(C)c1cccc(O)c1OC. The van der Waals surface area contributed by atoms with E-state index >= 15 is 0 Å². The van der Waals surface area contributed by atoms with Crippen molar-refractivity contribution in [3.05, 3.63) is 23.8 Å². The summed E-state index contributed by atoms with van der Waals surface area (Å²) in [5.41, 5.74) is 0.626. The number of ether oxygens (including phenoxy) is 2. The highest BCUT2D eigenvalue weighted by atomic mass is 16.5. The van der Waals surface area contributed by atoms with Crippen LogP contribution >= 0.6 is 0 Å². The van der Waals surface area contributed by atoms with E-state index in [2.05, 4.69) is 0 Å². The molecule has 0 heterocycles. The third-order valence-electron chi connectivity index (χ3n) is 2.34. The molecular weight excluding hydrogens is 208 g/mol. The molecule has 0 saturated carbocycles. The minimum atomic E-state index is -0.456. The van der Waals surface area contributed by atoms with Gasteiger partial charge in [0.25, 0.3) is 0 Å². The first-order valence-electron chi connectivity index (χ1n) is 5.14. The number of aromatic hydroxyl groups is 1. The van der Waals surface area contributed by atoms with Gasteiger partial charge >= 0.3 is 5.97 Å². The van der Waals surface area contributed by atoms with Crippen LogP contribution in [0.1, 0.15) is 25.3 Å². The molecular formula is C12H16O4. The van der Waals surface area contributed by atoms with Crippen LogP contribution in [0, 0.1) is 0 Å². The Morgan fingerprint density at radius 3 is 2.75 bits per heavy atom. The van der Waals surface area contributed by atoms with Crippen LogP contribution in [-0.2, 0) is 9.53 Å². The topological polar surface area (TPSA) is 55.8 Å². The van der Waals surface area contributed by atoms with Gasteiger partial charge in [-0.25, -0.2) is 0 Å². The Bertz CT molecular complexity index is 373. The number of esters is 1. The van der Waals surface area contributed by atoms with Crippen LogP contribution in [-0.4, -0.2) is 24.8 Å². The molecule has 1 aromatic rings. The predicted molar refractivity (Wildman–Crippen MR) is 59.7 cm³/mol. The molecule has 1 N–H and O–H groups in total. The fourth-order valence-corrected chi connectivity index (χ4v) is 1.50. The van der Waals surface area contributed by atoms with E-state index in [1.807, 2.05) is 0 Å². The number of methoxy groups -OCH3 is 1. The monoisotopic (exact) mass is 224 g/mol. The second kappa shape index (κ2) is 5.39. The van der Waals surface area contributed by atoms with Gasteiger partial charge in [-0.3, -0.25) is 4.79 Å². The molecule has 88 valence electrons. The molecule has 1 rings (SSSR count). The Kier molecular flexibility index (Phi) is 4.17. The lowest BCUT2D eigenvalue weighted by Gasteiger charge is -2.15. The van der Waals surface area contributed by atoms with E-state index in [1.165, 1.54) is 13.2 Å². The van der Waals surface area contributed by atoms with E-state index in [0.717, 1.165) is 0 Å². The van der Waals surface area contributed by atoms with E-state index < -0.39 is 5.92 Å². The number of benzene rings is 1. The van der Waals surface area contributed by atoms with Crippen LogP contribution < -0.4 is 4.74 Å². The van der Waals surface area contributed by atoms with Crippen molar-refractivity contribution in [2.24, 2.45) is 0 Å². The summed E-state index contributed by atoms with van der Waals surface area (Å²) in [7, 11) is 1.45. The number of phenolic OH excluding ortho intramolecular Hbond substituents is 1. The van der Waals surface area contributed by atoms with Crippen LogP contribution in [0.3, 0.4) is 0 Å². The Morgan fingerprint density at radius 1 is 1.50 bits per heavy atom. The molecule has 4 nitrogen and oxygen atoms in total. The summed E-state index contributed by atoms with van der Waals surface area (Å²) in [6, 6.07) is 4.92.